The molecule has 0 saturated heterocycles. The van der Waals surface area contributed by atoms with Crippen LogP contribution in [0.15, 0.2) is 5.16 Å². The smallest absolute Gasteiger partial charge is 0.183 e. The van der Waals surface area contributed by atoms with Crippen LogP contribution >= 0.6 is 22.6 Å². The van der Waals surface area contributed by atoms with Gasteiger partial charge in [0.1, 0.15) is 5.71 Å². The highest BCUT2D eigenvalue weighted by Crippen LogP contribution is 2.17. The molecule has 0 aromatic carbocycles. The third kappa shape index (κ3) is 1.68. The lowest BCUT2D eigenvalue weighted by molar-refractivity contribution is -0.112. The predicted molar refractivity (Wildman–Crippen MR) is 46.2 cm³/mol. The number of carbonyl (C=O) groups is 1. The molecule has 0 aromatic heterocycles. The fraction of sp³-hybridized carbons (Fsp3) is 0.667. The van der Waals surface area contributed by atoms with Gasteiger partial charge in [-0.05, 0) is 22.6 Å². The molecule has 1 aliphatic rings. The van der Waals surface area contributed by atoms with Gasteiger partial charge < -0.3 is 4.84 Å². The second-order valence-corrected chi connectivity index (χ2v) is 3.42. The van der Waals surface area contributed by atoms with Gasteiger partial charge in [0.05, 0.1) is 0 Å². The maximum atomic E-state index is 10.9. The highest BCUT2D eigenvalue weighted by molar-refractivity contribution is 14.1. The van der Waals surface area contributed by atoms with Crippen LogP contribution in [0.2, 0.25) is 0 Å². The zero-order valence-corrected chi connectivity index (χ0v) is 7.79. The molecule has 1 aliphatic heterocycles. The van der Waals surface area contributed by atoms with E-state index in [0.717, 1.165) is 0 Å². The fourth-order valence-corrected chi connectivity index (χ4v) is 1.25. The number of rotatable bonds is 2. The largest absolute Gasteiger partial charge is 0.381 e. The molecule has 1 rings (SSSR count). The molecule has 1 unspecified atom stereocenters. The number of oxime groups is 1. The molecule has 0 radical (unpaired) electrons. The molecule has 3 nitrogen and oxygen atoms in total. The molecule has 0 bridgehead atoms. The van der Waals surface area contributed by atoms with E-state index in [4.69, 9.17) is 4.84 Å². The minimum atomic E-state index is 0.0584. The van der Waals surface area contributed by atoms with Crippen LogP contribution in [0.5, 0.6) is 0 Å². The van der Waals surface area contributed by atoms with Crippen molar-refractivity contribution in [1.82, 2.24) is 0 Å². The number of carbonyl (C=O) groups excluding carboxylic acids is 1. The van der Waals surface area contributed by atoms with E-state index < -0.39 is 0 Å². The molecule has 0 N–H and O–H groups in total. The van der Waals surface area contributed by atoms with E-state index in [2.05, 4.69) is 27.7 Å². The molecule has 0 aromatic rings. The molecule has 56 valence electrons. The van der Waals surface area contributed by atoms with Crippen molar-refractivity contribution in [2.24, 2.45) is 5.16 Å². The van der Waals surface area contributed by atoms with Crippen molar-refractivity contribution in [2.75, 3.05) is 0 Å². The van der Waals surface area contributed by atoms with Crippen molar-refractivity contribution in [3.63, 3.8) is 0 Å². The van der Waals surface area contributed by atoms with E-state index in [1.165, 1.54) is 0 Å². The number of Topliss-reactive ketones (excluding diaryl/α,β-unsaturated/α-hetero) is 1. The van der Waals surface area contributed by atoms with Crippen LogP contribution in [0.1, 0.15) is 19.8 Å². The first-order valence-electron chi connectivity index (χ1n) is 3.14. The van der Waals surface area contributed by atoms with Crippen LogP contribution in [-0.2, 0) is 9.63 Å². The minimum absolute atomic E-state index is 0.0584. The third-order valence-corrected chi connectivity index (χ3v) is 1.94. The Balaban J connectivity index is 2.51. The lowest BCUT2D eigenvalue weighted by atomic mass is 10.1. The van der Waals surface area contributed by atoms with Crippen LogP contribution in [0.25, 0.3) is 0 Å². The summed E-state index contributed by atoms with van der Waals surface area (Å²) in [4.78, 5) is 15.8. The standard InChI is InChI=1S/C6H8INO2/c1-2-5(9)4-3-6(7)10-8-4/h6H,2-3H2,1H3. The SMILES string of the molecule is CCC(=O)C1=NOC(I)C1. The first-order valence-corrected chi connectivity index (χ1v) is 4.38. The summed E-state index contributed by atoms with van der Waals surface area (Å²) in [5, 5.41) is 3.65. The summed E-state index contributed by atoms with van der Waals surface area (Å²) in [6.07, 6.45) is 1.18. The number of nitrogens with zero attached hydrogens (tertiary/aromatic N) is 1. The van der Waals surface area contributed by atoms with Crippen molar-refractivity contribution < 1.29 is 9.63 Å². The Morgan fingerprint density at radius 3 is 3.10 bits per heavy atom. The number of hydrogen-bond donors (Lipinski definition) is 0. The summed E-state index contributed by atoms with van der Waals surface area (Å²) in [6, 6.07) is 0. The van der Waals surface area contributed by atoms with Crippen LogP contribution in [0.3, 0.4) is 0 Å². The fourth-order valence-electron chi connectivity index (χ4n) is 0.716. The Hall–Kier alpha value is -0.130. The molecule has 0 spiro atoms. The summed E-state index contributed by atoms with van der Waals surface area (Å²) in [7, 11) is 0. The molecule has 1 atom stereocenters. The van der Waals surface area contributed by atoms with Crippen LogP contribution in [0.4, 0.5) is 0 Å². The molecular weight excluding hydrogens is 245 g/mol. The maximum Gasteiger partial charge on any atom is 0.183 e. The highest BCUT2D eigenvalue weighted by atomic mass is 127. The van der Waals surface area contributed by atoms with Gasteiger partial charge >= 0.3 is 0 Å². The first-order chi connectivity index (χ1) is 4.74. The summed E-state index contributed by atoms with van der Waals surface area (Å²) in [6.45, 7) is 1.82. The van der Waals surface area contributed by atoms with Crippen molar-refractivity contribution in [1.29, 1.82) is 0 Å². The van der Waals surface area contributed by atoms with E-state index in [-0.39, 0.29) is 9.89 Å². The number of alkyl halides is 1. The van der Waals surface area contributed by atoms with E-state index in [1.54, 1.807) is 0 Å². The maximum absolute atomic E-state index is 10.9. The molecular formula is C6H8INO2. The topological polar surface area (TPSA) is 38.7 Å². The Bertz CT molecular complexity index is 179. The average molecular weight is 253 g/mol. The predicted octanol–water partition coefficient (Wildman–Crippen LogP) is 1.50. The van der Waals surface area contributed by atoms with Gasteiger partial charge in [0, 0.05) is 12.8 Å². The summed E-state index contributed by atoms with van der Waals surface area (Å²) >= 11 is 2.11. The molecule has 4 heteroatoms. The lowest BCUT2D eigenvalue weighted by Gasteiger charge is -1.92. The van der Waals surface area contributed by atoms with Crippen LogP contribution in [-0.4, -0.2) is 15.6 Å². The Morgan fingerprint density at radius 1 is 2.00 bits per heavy atom. The van der Waals surface area contributed by atoms with Crippen LogP contribution < -0.4 is 0 Å². The zero-order valence-electron chi connectivity index (χ0n) is 5.63. The normalized spacial score (nSPS) is 23.8. The Labute approximate surface area is 72.9 Å². The van der Waals surface area contributed by atoms with Crippen molar-refractivity contribution in [3.8, 4) is 0 Å². The van der Waals surface area contributed by atoms with Gasteiger partial charge in [-0.1, -0.05) is 12.1 Å². The zero-order chi connectivity index (χ0) is 7.56. The van der Waals surface area contributed by atoms with E-state index in [9.17, 15) is 4.79 Å². The number of hydrogen-bond acceptors (Lipinski definition) is 3. The monoisotopic (exact) mass is 253 g/mol. The number of halogens is 1. The van der Waals surface area contributed by atoms with Gasteiger partial charge in [-0.25, -0.2) is 0 Å². The molecule has 0 fully saturated rings. The van der Waals surface area contributed by atoms with Crippen LogP contribution in [0, 0.1) is 0 Å². The van der Waals surface area contributed by atoms with Gasteiger partial charge in [-0.2, -0.15) is 0 Å². The van der Waals surface area contributed by atoms with E-state index in [1.807, 2.05) is 6.92 Å². The lowest BCUT2D eigenvalue weighted by Crippen LogP contribution is -2.11. The summed E-state index contributed by atoms with van der Waals surface area (Å²) < 4.78 is 0.0584. The Morgan fingerprint density at radius 2 is 2.70 bits per heavy atom. The molecule has 0 saturated carbocycles. The summed E-state index contributed by atoms with van der Waals surface area (Å²) in [5.41, 5.74) is 0.585. The van der Waals surface area contributed by atoms with Gasteiger partial charge in [0.2, 0.25) is 0 Å². The van der Waals surface area contributed by atoms with E-state index >= 15 is 0 Å². The van der Waals surface area contributed by atoms with Gasteiger partial charge in [0.25, 0.3) is 0 Å². The average Bonchev–Trinajstić information content (AvgIpc) is 2.34. The second kappa shape index (κ2) is 3.32. The molecule has 1 heterocycles. The minimum Gasteiger partial charge on any atom is -0.381 e. The van der Waals surface area contributed by atoms with Gasteiger partial charge in [-0.15, -0.1) is 0 Å². The second-order valence-electron chi connectivity index (χ2n) is 2.03. The van der Waals surface area contributed by atoms with Crippen molar-refractivity contribution >= 4 is 34.1 Å². The van der Waals surface area contributed by atoms with E-state index in [0.29, 0.717) is 18.6 Å². The first kappa shape index (κ1) is 7.97. The summed E-state index contributed by atoms with van der Waals surface area (Å²) in [5.74, 6) is 0.0965. The van der Waals surface area contributed by atoms with Crippen molar-refractivity contribution in [3.05, 3.63) is 0 Å². The van der Waals surface area contributed by atoms with Gasteiger partial charge in [-0.3, -0.25) is 4.79 Å². The third-order valence-electron chi connectivity index (χ3n) is 1.27. The number of ketones is 1. The highest BCUT2D eigenvalue weighted by Gasteiger charge is 2.21. The Kier molecular flexibility index (Phi) is 2.64. The quantitative estimate of drug-likeness (QED) is 0.552. The molecule has 0 aliphatic carbocycles. The van der Waals surface area contributed by atoms with Crippen molar-refractivity contribution in [2.45, 2.75) is 23.9 Å². The molecule has 0 amide bonds. The molecule has 10 heavy (non-hydrogen) atoms. The van der Waals surface area contributed by atoms with Gasteiger partial charge in [0.15, 0.2) is 9.89 Å².